The van der Waals surface area contributed by atoms with Crippen LogP contribution in [0.3, 0.4) is 0 Å². The number of carbonyl (C=O) groups is 1. The highest BCUT2D eigenvalue weighted by Gasteiger charge is 2.23. The number of ether oxygens (including phenoxy) is 1. The molecule has 1 unspecified atom stereocenters. The fraction of sp³-hybridized carbons (Fsp3) is 0.929. The van der Waals surface area contributed by atoms with Gasteiger partial charge < -0.3 is 15.4 Å². The fourth-order valence-corrected chi connectivity index (χ4v) is 2.11. The van der Waals surface area contributed by atoms with Crippen LogP contribution in [0.4, 0.5) is 0 Å². The summed E-state index contributed by atoms with van der Waals surface area (Å²) in [4.78, 5) is 13.9. The summed E-state index contributed by atoms with van der Waals surface area (Å²) in [5, 5.41) is 0. The van der Waals surface area contributed by atoms with E-state index in [1.54, 1.807) is 0 Å². The first-order valence-electron chi connectivity index (χ1n) is 7.14. The van der Waals surface area contributed by atoms with Crippen LogP contribution in [0, 0.1) is 5.92 Å². The predicted octanol–water partition coefficient (Wildman–Crippen LogP) is 2.20. The average Bonchev–Trinajstić information content (AvgIpc) is 2.34. The van der Waals surface area contributed by atoms with Crippen LogP contribution in [-0.4, -0.2) is 42.6 Å². The van der Waals surface area contributed by atoms with Gasteiger partial charge in [0.2, 0.25) is 5.91 Å². The zero-order valence-corrected chi connectivity index (χ0v) is 13.2. The number of hydrogen-bond acceptors (Lipinski definition) is 3. The lowest BCUT2D eigenvalue weighted by Gasteiger charge is -2.32. The molecule has 0 aromatic heterocycles. The first-order chi connectivity index (χ1) is 8.49. The lowest BCUT2D eigenvalue weighted by Crippen LogP contribution is -2.41. The maximum absolute atomic E-state index is 11.9. The van der Waals surface area contributed by atoms with Gasteiger partial charge in [0.25, 0.3) is 0 Å². The second-order valence-electron chi connectivity index (χ2n) is 5.82. The highest BCUT2D eigenvalue weighted by Crippen LogP contribution is 2.16. The second-order valence-corrected chi connectivity index (χ2v) is 5.82. The number of rotatable bonds is 6. The number of nitrogens with zero attached hydrogens (tertiary/aromatic N) is 1. The number of halogens is 1. The molecule has 19 heavy (non-hydrogen) atoms. The molecular weight excluding hydrogens is 264 g/mol. The number of carbonyl (C=O) groups excluding carboxylic acids is 1. The van der Waals surface area contributed by atoms with Crippen LogP contribution >= 0.6 is 12.4 Å². The number of piperidine rings is 1. The van der Waals surface area contributed by atoms with E-state index in [9.17, 15) is 4.79 Å². The zero-order valence-electron chi connectivity index (χ0n) is 12.4. The Morgan fingerprint density at radius 1 is 1.32 bits per heavy atom. The van der Waals surface area contributed by atoms with Crippen LogP contribution in [0.5, 0.6) is 0 Å². The van der Waals surface area contributed by atoms with Crippen LogP contribution in [0.25, 0.3) is 0 Å². The topological polar surface area (TPSA) is 55.6 Å². The predicted molar refractivity (Wildman–Crippen MR) is 80.5 cm³/mol. The Hall–Kier alpha value is -0.320. The van der Waals surface area contributed by atoms with Crippen molar-refractivity contribution in [2.45, 2.75) is 58.6 Å². The summed E-state index contributed by atoms with van der Waals surface area (Å²) >= 11 is 0. The quantitative estimate of drug-likeness (QED) is 0.816. The van der Waals surface area contributed by atoms with E-state index in [1.807, 2.05) is 11.8 Å². The highest BCUT2D eigenvalue weighted by molar-refractivity contribution is 5.85. The van der Waals surface area contributed by atoms with Gasteiger partial charge in [-0.1, -0.05) is 13.8 Å². The summed E-state index contributed by atoms with van der Waals surface area (Å²) < 4.78 is 5.81. The van der Waals surface area contributed by atoms with E-state index in [1.165, 1.54) is 0 Å². The van der Waals surface area contributed by atoms with E-state index >= 15 is 0 Å². The van der Waals surface area contributed by atoms with Gasteiger partial charge in [0.15, 0.2) is 0 Å². The van der Waals surface area contributed by atoms with Gasteiger partial charge >= 0.3 is 0 Å². The Balaban J connectivity index is 0.00000324. The van der Waals surface area contributed by atoms with Crippen molar-refractivity contribution in [3.8, 4) is 0 Å². The van der Waals surface area contributed by atoms with Crippen molar-refractivity contribution < 1.29 is 9.53 Å². The minimum atomic E-state index is 0. The Morgan fingerprint density at radius 3 is 2.37 bits per heavy atom. The van der Waals surface area contributed by atoms with Crippen molar-refractivity contribution in [1.29, 1.82) is 0 Å². The molecule has 0 aliphatic carbocycles. The van der Waals surface area contributed by atoms with Crippen molar-refractivity contribution in [3.05, 3.63) is 0 Å². The molecule has 1 atom stereocenters. The van der Waals surface area contributed by atoms with Crippen LogP contribution in [0.1, 0.15) is 46.5 Å². The van der Waals surface area contributed by atoms with E-state index in [2.05, 4.69) is 13.8 Å². The van der Waals surface area contributed by atoms with Crippen LogP contribution in [-0.2, 0) is 9.53 Å². The van der Waals surface area contributed by atoms with E-state index < -0.39 is 0 Å². The molecule has 1 aliphatic rings. The van der Waals surface area contributed by atoms with Gasteiger partial charge in [0.1, 0.15) is 0 Å². The molecule has 5 heteroatoms. The molecule has 0 saturated carbocycles. The summed E-state index contributed by atoms with van der Waals surface area (Å²) in [6, 6.07) is 0.112. The molecule has 0 aromatic carbocycles. The number of likely N-dealkylation sites (tertiary alicyclic amines) is 1. The summed E-state index contributed by atoms with van der Waals surface area (Å²) in [5.41, 5.74) is 5.67. The lowest BCUT2D eigenvalue weighted by atomic mass is 10.1. The first-order valence-corrected chi connectivity index (χ1v) is 7.14. The molecule has 1 amide bonds. The maximum atomic E-state index is 11.9. The molecule has 114 valence electrons. The smallest absolute Gasteiger partial charge is 0.222 e. The third-order valence-electron chi connectivity index (χ3n) is 3.27. The number of nitrogens with two attached hydrogens (primary N) is 1. The van der Waals surface area contributed by atoms with Crippen molar-refractivity contribution in [3.63, 3.8) is 0 Å². The standard InChI is InChI=1S/C14H28N2O2.ClH/c1-11(2)10-18-13-6-8-16(9-7-13)14(17)5-4-12(3)15;/h11-13H,4-10,15H2,1-3H3;1H. The zero-order chi connectivity index (χ0) is 13.5. The van der Waals surface area contributed by atoms with E-state index in [0.29, 0.717) is 18.4 Å². The van der Waals surface area contributed by atoms with Gasteiger partial charge in [-0.2, -0.15) is 0 Å². The van der Waals surface area contributed by atoms with Crippen LogP contribution < -0.4 is 5.73 Å². The van der Waals surface area contributed by atoms with E-state index in [4.69, 9.17) is 10.5 Å². The monoisotopic (exact) mass is 292 g/mol. The van der Waals surface area contributed by atoms with Crippen LogP contribution in [0.2, 0.25) is 0 Å². The Labute approximate surface area is 123 Å². The summed E-state index contributed by atoms with van der Waals surface area (Å²) in [6.07, 6.45) is 3.63. The summed E-state index contributed by atoms with van der Waals surface area (Å²) in [7, 11) is 0. The van der Waals surface area contributed by atoms with Crippen molar-refractivity contribution in [2.24, 2.45) is 11.7 Å². The number of hydrogen-bond donors (Lipinski definition) is 1. The molecule has 0 radical (unpaired) electrons. The lowest BCUT2D eigenvalue weighted by molar-refractivity contribution is -0.134. The van der Waals surface area contributed by atoms with Crippen molar-refractivity contribution in [1.82, 2.24) is 4.90 Å². The second kappa shape index (κ2) is 9.56. The van der Waals surface area contributed by atoms with Gasteiger partial charge in [0, 0.05) is 32.2 Å². The minimum Gasteiger partial charge on any atom is -0.378 e. The average molecular weight is 293 g/mol. The molecule has 4 nitrogen and oxygen atoms in total. The SMILES string of the molecule is CC(C)COC1CCN(C(=O)CCC(C)N)CC1.Cl. The maximum Gasteiger partial charge on any atom is 0.222 e. The normalized spacial score (nSPS) is 18.3. The van der Waals surface area contributed by atoms with Crippen LogP contribution in [0.15, 0.2) is 0 Å². The minimum absolute atomic E-state index is 0. The Kier molecular flexibility index (Phi) is 9.40. The highest BCUT2D eigenvalue weighted by atomic mass is 35.5. The first kappa shape index (κ1) is 18.7. The molecule has 2 N–H and O–H groups in total. The molecule has 1 rings (SSSR count). The molecule has 1 saturated heterocycles. The van der Waals surface area contributed by atoms with Gasteiger partial charge in [0.05, 0.1) is 6.10 Å². The van der Waals surface area contributed by atoms with E-state index in [0.717, 1.165) is 39.0 Å². The van der Waals surface area contributed by atoms with E-state index in [-0.39, 0.29) is 24.4 Å². The van der Waals surface area contributed by atoms with Gasteiger partial charge in [-0.15, -0.1) is 12.4 Å². The fourth-order valence-electron chi connectivity index (χ4n) is 2.11. The molecule has 0 spiro atoms. The van der Waals surface area contributed by atoms with Gasteiger partial charge in [-0.25, -0.2) is 0 Å². The van der Waals surface area contributed by atoms with Gasteiger partial charge in [-0.3, -0.25) is 4.79 Å². The Bertz CT molecular complexity index is 252. The van der Waals surface area contributed by atoms with Crippen molar-refractivity contribution >= 4 is 18.3 Å². The molecule has 1 heterocycles. The molecule has 1 aliphatic heterocycles. The largest absolute Gasteiger partial charge is 0.378 e. The van der Waals surface area contributed by atoms with Gasteiger partial charge in [-0.05, 0) is 32.1 Å². The summed E-state index contributed by atoms with van der Waals surface area (Å²) in [6.45, 7) is 8.75. The summed E-state index contributed by atoms with van der Waals surface area (Å²) in [5.74, 6) is 0.824. The molecule has 1 fully saturated rings. The molecular formula is C14H29ClN2O2. The molecule has 0 aromatic rings. The molecule has 0 bridgehead atoms. The van der Waals surface area contributed by atoms with Crippen molar-refractivity contribution in [2.75, 3.05) is 19.7 Å². The Morgan fingerprint density at radius 2 is 1.89 bits per heavy atom. The third kappa shape index (κ3) is 7.75. The third-order valence-corrected chi connectivity index (χ3v) is 3.27. The number of amides is 1.